The largest absolute Gasteiger partial charge is 0.489 e. The van der Waals surface area contributed by atoms with Crippen molar-refractivity contribution in [2.24, 2.45) is 5.10 Å². The summed E-state index contributed by atoms with van der Waals surface area (Å²) in [5.41, 5.74) is 5.91. The molecule has 33 heavy (non-hydrogen) atoms. The lowest BCUT2D eigenvalue weighted by Gasteiger charge is -2.08. The van der Waals surface area contributed by atoms with Crippen molar-refractivity contribution in [3.63, 3.8) is 0 Å². The maximum absolute atomic E-state index is 12.9. The summed E-state index contributed by atoms with van der Waals surface area (Å²) < 4.78 is 18.6. The number of nitrogens with zero attached hydrogens (tertiary/aromatic N) is 1. The molecule has 0 saturated carbocycles. The van der Waals surface area contributed by atoms with Gasteiger partial charge in [-0.3, -0.25) is 9.59 Å². The Labute approximate surface area is 192 Å². The van der Waals surface area contributed by atoms with E-state index in [2.05, 4.69) is 29.7 Å². The minimum Gasteiger partial charge on any atom is -0.489 e. The van der Waals surface area contributed by atoms with Gasteiger partial charge < -0.3 is 10.1 Å². The van der Waals surface area contributed by atoms with Gasteiger partial charge in [0.1, 0.15) is 18.2 Å². The Kier molecular flexibility index (Phi) is 8.30. The van der Waals surface area contributed by atoms with Crippen LogP contribution in [-0.4, -0.2) is 18.0 Å². The van der Waals surface area contributed by atoms with Crippen molar-refractivity contribution in [1.29, 1.82) is 0 Å². The SMILES string of the molecule is CC(C)c1ccc(CNC(=O)C(=O)N/N=C\c2ccc(OCc3ccc(F)cc3)cc2)cc1. The highest BCUT2D eigenvalue weighted by Crippen LogP contribution is 2.15. The van der Waals surface area contributed by atoms with Gasteiger partial charge in [0.25, 0.3) is 0 Å². The molecule has 0 aromatic heterocycles. The molecule has 0 saturated heterocycles. The number of carbonyl (C=O) groups is 2. The Morgan fingerprint density at radius 1 is 0.909 bits per heavy atom. The zero-order chi connectivity index (χ0) is 23.6. The number of carbonyl (C=O) groups excluding carboxylic acids is 2. The minimum atomic E-state index is -0.843. The summed E-state index contributed by atoms with van der Waals surface area (Å²) in [7, 11) is 0. The summed E-state index contributed by atoms with van der Waals surface area (Å²) in [6.07, 6.45) is 1.43. The Bertz CT molecular complexity index is 1090. The summed E-state index contributed by atoms with van der Waals surface area (Å²) >= 11 is 0. The first-order valence-electron chi connectivity index (χ1n) is 10.6. The van der Waals surface area contributed by atoms with Crippen LogP contribution in [0, 0.1) is 5.82 Å². The highest BCUT2D eigenvalue weighted by molar-refractivity contribution is 6.35. The van der Waals surface area contributed by atoms with Gasteiger partial charge in [-0.15, -0.1) is 0 Å². The van der Waals surface area contributed by atoms with Crippen molar-refractivity contribution in [1.82, 2.24) is 10.7 Å². The van der Waals surface area contributed by atoms with Gasteiger partial charge in [-0.2, -0.15) is 5.10 Å². The number of amides is 2. The average molecular weight is 448 g/mol. The summed E-state index contributed by atoms with van der Waals surface area (Å²) in [4.78, 5) is 23.9. The molecule has 3 aromatic rings. The van der Waals surface area contributed by atoms with Crippen LogP contribution in [0.1, 0.15) is 42.0 Å². The molecular formula is C26H26FN3O3. The highest BCUT2D eigenvalue weighted by Gasteiger charge is 2.12. The number of ether oxygens (including phenoxy) is 1. The minimum absolute atomic E-state index is 0.258. The molecule has 0 heterocycles. The van der Waals surface area contributed by atoms with Crippen LogP contribution < -0.4 is 15.5 Å². The first-order valence-corrected chi connectivity index (χ1v) is 10.6. The highest BCUT2D eigenvalue weighted by atomic mass is 19.1. The Morgan fingerprint density at radius 3 is 2.18 bits per heavy atom. The van der Waals surface area contributed by atoms with Gasteiger partial charge in [0.05, 0.1) is 6.21 Å². The molecule has 170 valence electrons. The first-order chi connectivity index (χ1) is 15.9. The van der Waals surface area contributed by atoms with Crippen LogP contribution in [-0.2, 0) is 22.7 Å². The van der Waals surface area contributed by atoms with Crippen molar-refractivity contribution >= 4 is 18.0 Å². The Morgan fingerprint density at radius 2 is 1.55 bits per heavy atom. The summed E-state index contributed by atoms with van der Waals surface area (Å²) in [6, 6.07) is 21.0. The van der Waals surface area contributed by atoms with Gasteiger partial charge in [0.15, 0.2) is 0 Å². The van der Waals surface area contributed by atoms with E-state index < -0.39 is 11.8 Å². The van der Waals surface area contributed by atoms with Gasteiger partial charge in [-0.05, 0) is 64.6 Å². The molecule has 0 radical (unpaired) electrons. The Balaban J connectivity index is 1.41. The molecule has 7 heteroatoms. The monoisotopic (exact) mass is 447 g/mol. The van der Waals surface area contributed by atoms with Crippen molar-refractivity contribution in [3.8, 4) is 5.75 Å². The second-order valence-corrected chi connectivity index (χ2v) is 7.76. The molecule has 3 aromatic carbocycles. The second-order valence-electron chi connectivity index (χ2n) is 7.76. The van der Waals surface area contributed by atoms with E-state index in [0.717, 1.165) is 16.7 Å². The van der Waals surface area contributed by atoms with Crippen LogP contribution in [0.5, 0.6) is 5.75 Å². The fraction of sp³-hybridized carbons (Fsp3) is 0.192. The lowest BCUT2D eigenvalue weighted by atomic mass is 10.0. The molecule has 0 spiro atoms. The number of hydrogen-bond acceptors (Lipinski definition) is 4. The van der Waals surface area contributed by atoms with E-state index in [0.29, 0.717) is 18.3 Å². The molecule has 0 unspecified atom stereocenters. The predicted octanol–water partition coefficient (Wildman–Crippen LogP) is 4.29. The van der Waals surface area contributed by atoms with E-state index in [1.165, 1.54) is 23.9 Å². The predicted molar refractivity (Wildman–Crippen MR) is 125 cm³/mol. The van der Waals surface area contributed by atoms with Gasteiger partial charge in [0.2, 0.25) is 0 Å². The molecular weight excluding hydrogens is 421 g/mol. The van der Waals surface area contributed by atoms with Crippen LogP contribution in [0.25, 0.3) is 0 Å². The lowest BCUT2D eigenvalue weighted by molar-refractivity contribution is -0.139. The molecule has 2 amide bonds. The normalized spacial score (nSPS) is 10.9. The van der Waals surface area contributed by atoms with E-state index in [-0.39, 0.29) is 12.4 Å². The summed E-state index contributed by atoms with van der Waals surface area (Å²) in [5, 5.41) is 6.39. The number of rotatable bonds is 8. The molecule has 0 aliphatic rings. The molecule has 2 N–H and O–H groups in total. The fourth-order valence-corrected chi connectivity index (χ4v) is 2.90. The smallest absolute Gasteiger partial charge is 0.329 e. The molecule has 0 aliphatic heterocycles. The van der Waals surface area contributed by atoms with Gasteiger partial charge >= 0.3 is 11.8 Å². The molecule has 0 bridgehead atoms. The van der Waals surface area contributed by atoms with E-state index in [4.69, 9.17) is 4.74 Å². The third-order valence-electron chi connectivity index (χ3n) is 4.88. The zero-order valence-corrected chi connectivity index (χ0v) is 18.5. The number of hydrogen-bond donors (Lipinski definition) is 2. The van der Waals surface area contributed by atoms with Crippen LogP contribution in [0.4, 0.5) is 4.39 Å². The number of nitrogens with one attached hydrogen (secondary N) is 2. The number of hydrazone groups is 1. The third-order valence-corrected chi connectivity index (χ3v) is 4.88. The summed E-state index contributed by atoms with van der Waals surface area (Å²) in [5.74, 6) is -0.818. The van der Waals surface area contributed by atoms with E-state index >= 15 is 0 Å². The van der Waals surface area contributed by atoms with Crippen LogP contribution >= 0.6 is 0 Å². The zero-order valence-electron chi connectivity index (χ0n) is 18.5. The van der Waals surface area contributed by atoms with Gasteiger partial charge in [-0.25, -0.2) is 9.82 Å². The molecule has 0 aliphatic carbocycles. The van der Waals surface area contributed by atoms with Crippen molar-refractivity contribution in [2.45, 2.75) is 32.9 Å². The maximum atomic E-state index is 12.9. The third kappa shape index (κ3) is 7.57. The van der Waals surface area contributed by atoms with Crippen LogP contribution in [0.15, 0.2) is 77.9 Å². The molecule has 0 atom stereocenters. The van der Waals surface area contributed by atoms with E-state index in [1.54, 1.807) is 36.4 Å². The van der Waals surface area contributed by atoms with Crippen molar-refractivity contribution < 1.29 is 18.7 Å². The van der Waals surface area contributed by atoms with Crippen LogP contribution in [0.2, 0.25) is 0 Å². The molecule has 0 fully saturated rings. The maximum Gasteiger partial charge on any atom is 0.329 e. The van der Waals surface area contributed by atoms with Crippen molar-refractivity contribution in [2.75, 3.05) is 0 Å². The fourth-order valence-electron chi connectivity index (χ4n) is 2.90. The number of benzene rings is 3. The standard InChI is InChI=1S/C26H26FN3O3/c1-18(2)22-9-3-19(4-10-22)15-28-25(31)26(32)30-29-16-20-7-13-24(14-8-20)33-17-21-5-11-23(27)12-6-21/h3-14,16,18H,15,17H2,1-2H3,(H,28,31)(H,30,32)/b29-16-. The quantitative estimate of drug-likeness (QED) is 0.307. The molecule has 3 rings (SSSR count). The topological polar surface area (TPSA) is 79.8 Å². The summed E-state index contributed by atoms with van der Waals surface area (Å²) in [6.45, 7) is 4.80. The van der Waals surface area contributed by atoms with E-state index in [1.807, 2.05) is 24.3 Å². The van der Waals surface area contributed by atoms with E-state index in [9.17, 15) is 14.0 Å². The average Bonchev–Trinajstić information content (AvgIpc) is 2.83. The Hall–Kier alpha value is -4.00. The molecule has 6 nitrogen and oxygen atoms in total. The van der Waals surface area contributed by atoms with Crippen molar-refractivity contribution in [3.05, 3.63) is 101 Å². The second kappa shape index (κ2) is 11.6. The number of halogens is 1. The first kappa shape index (κ1) is 23.7. The van der Waals surface area contributed by atoms with Crippen LogP contribution in [0.3, 0.4) is 0 Å². The lowest BCUT2D eigenvalue weighted by Crippen LogP contribution is -2.37. The van der Waals surface area contributed by atoms with Gasteiger partial charge in [0, 0.05) is 6.54 Å². The van der Waals surface area contributed by atoms with Gasteiger partial charge in [-0.1, -0.05) is 50.2 Å².